The zero-order chi connectivity index (χ0) is 14.7. The maximum atomic E-state index is 11.5. The molecule has 0 bridgehead atoms. The van der Waals surface area contributed by atoms with E-state index in [9.17, 15) is 14.7 Å². The Morgan fingerprint density at radius 1 is 1.35 bits per heavy atom. The molecular weight excluding hydrogens is 280 g/mol. The van der Waals surface area contributed by atoms with Crippen LogP contribution in [0.25, 0.3) is 6.08 Å². The first-order valence-electron chi connectivity index (χ1n) is 5.77. The van der Waals surface area contributed by atoms with Gasteiger partial charge in [-0.3, -0.25) is 10.1 Å². The summed E-state index contributed by atoms with van der Waals surface area (Å²) in [6.07, 6.45) is 0.597. The van der Waals surface area contributed by atoms with Gasteiger partial charge < -0.3 is 20.0 Å². The second kappa shape index (κ2) is 5.70. The van der Waals surface area contributed by atoms with Crippen molar-refractivity contribution in [3.8, 4) is 5.75 Å². The van der Waals surface area contributed by atoms with Crippen molar-refractivity contribution in [1.29, 1.82) is 0 Å². The van der Waals surface area contributed by atoms with Crippen molar-refractivity contribution in [2.75, 3.05) is 0 Å². The molecule has 0 saturated carbocycles. The third-order valence-electron chi connectivity index (χ3n) is 2.56. The van der Waals surface area contributed by atoms with E-state index in [0.717, 1.165) is 5.56 Å². The Kier molecular flexibility index (Phi) is 3.99. The molecule has 1 heterocycles. The highest BCUT2D eigenvalue weighted by Gasteiger charge is 2.19. The SMILES string of the molecule is C[C@H](Oc1ccc(/C=C2\NC(=S)NC2=O)cc1)C(=O)[O-]. The molecule has 2 rings (SSSR count). The molecule has 1 amide bonds. The molecule has 0 unspecified atom stereocenters. The summed E-state index contributed by atoms with van der Waals surface area (Å²) in [5.74, 6) is -1.17. The van der Waals surface area contributed by atoms with E-state index in [1.165, 1.54) is 6.92 Å². The number of carboxylic acid groups (broad SMARTS) is 1. The monoisotopic (exact) mass is 291 g/mol. The van der Waals surface area contributed by atoms with Crippen molar-refractivity contribution in [2.45, 2.75) is 13.0 Å². The average molecular weight is 291 g/mol. The maximum absolute atomic E-state index is 11.5. The summed E-state index contributed by atoms with van der Waals surface area (Å²) in [5.41, 5.74) is 1.10. The van der Waals surface area contributed by atoms with E-state index in [4.69, 9.17) is 17.0 Å². The van der Waals surface area contributed by atoms with Gasteiger partial charge in [0, 0.05) is 0 Å². The number of nitrogens with one attached hydrogen (secondary N) is 2. The van der Waals surface area contributed by atoms with Gasteiger partial charge in [0.15, 0.2) is 5.11 Å². The van der Waals surface area contributed by atoms with Gasteiger partial charge in [-0.25, -0.2) is 0 Å². The fraction of sp³-hybridized carbons (Fsp3) is 0.154. The predicted octanol–water partition coefficient (Wildman–Crippen LogP) is -0.451. The highest BCUT2D eigenvalue weighted by Crippen LogP contribution is 2.16. The number of ether oxygens (including phenoxy) is 1. The van der Waals surface area contributed by atoms with Crippen molar-refractivity contribution in [2.24, 2.45) is 0 Å². The van der Waals surface area contributed by atoms with E-state index in [-0.39, 0.29) is 11.0 Å². The number of hydrogen-bond donors (Lipinski definition) is 2. The number of carbonyl (C=O) groups is 2. The van der Waals surface area contributed by atoms with Crippen LogP contribution < -0.4 is 20.5 Å². The largest absolute Gasteiger partial charge is 0.546 e. The lowest BCUT2D eigenvalue weighted by Gasteiger charge is -2.15. The first-order chi connectivity index (χ1) is 9.45. The van der Waals surface area contributed by atoms with Crippen LogP contribution in [-0.4, -0.2) is 23.1 Å². The molecule has 1 atom stereocenters. The molecule has 104 valence electrons. The summed E-state index contributed by atoms with van der Waals surface area (Å²) >= 11 is 4.82. The molecule has 2 N–H and O–H groups in total. The van der Waals surface area contributed by atoms with E-state index in [2.05, 4.69) is 10.6 Å². The Morgan fingerprint density at radius 3 is 2.50 bits per heavy atom. The maximum Gasteiger partial charge on any atom is 0.273 e. The molecule has 0 aliphatic carbocycles. The predicted molar refractivity (Wildman–Crippen MR) is 73.4 cm³/mol. The van der Waals surface area contributed by atoms with Gasteiger partial charge >= 0.3 is 0 Å². The standard InChI is InChI=1S/C13H12N2O4S/c1-7(12(17)18)19-9-4-2-8(3-5-9)6-10-11(16)15-13(20)14-10/h2-7H,1H3,(H,17,18)(H2,14,15,16,20)/p-1/b10-6-/t7-/m0/s1. The molecule has 1 saturated heterocycles. The lowest BCUT2D eigenvalue weighted by molar-refractivity contribution is -0.312. The van der Waals surface area contributed by atoms with Gasteiger partial charge in [-0.05, 0) is 42.9 Å². The second-order valence-corrected chi connectivity index (χ2v) is 4.52. The normalized spacial score (nSPS) is 17.6. The number of aliphatic carboxylic acids is 1. The summed E-state index contributed by atoms with van der Waals surface area (Å²) in [4.78, 5) is 22.0. The Balaban J connectivity index is 2.09. The molecule has 1 aliphatic rings. The fourth-order valence-corrected chi connectivity index (χ4v) is 1.75. The van der Waals surface area contributed by atoms with Gasteiger partial charge in [0.25, 0.3) is 5.91 Å². The van der Waals surface area contributed by atoms with Crippen LogP contribution in [-0.2, 0) is 9.59 Å². The average Bonchev–Trinajstić information content (AvgIpc) is 2.70. The molecule has 6 nitrogen and oxygen atoms in total. The minimum absolute atomic E-state index is 0.268. The molecular formula is C13H11N2O4S-. The van der Waals surface area contributed by atoms with E-state index < -0.39 is 12.1 Å². The van der Waals surface area contributed by atoms with Crippen LogP contribution in [0.15, 0.2) is 30.0 Å². The Morgan fingerprint density at radius 2 is 2.00 bits per heavy atom. The van der Waals surface area contributed by atoms with Gasteiger partial charge in [0.2, 0.25) is 0 Å². The number of amides is 1. The summed E-state index contributed by atoms with van der Waals surface area (Å²) < 4.78 is 5.14. The van der Waals surface area contributed by atoms with Crippen molar-refractivity contribution in [1.82, 2.24) is 10.6 Å². The van der Waals surface area contributed by atoms with Crippen LogP contribution in [0.3, 0.4) is 0 Å². The van der Waals surface area contributed by atoms with E-state index >= 15 is 0 Å². The molecule has 1 aliphatic heterocycles. The van der Waals surface area contributed by atoms with Crippen molar-refractivity contribution in [3.63, 3.8) is 0 Å². The number of carboxylic acids is 1. The second-order valence-electron chi connectivity index (χ2n) is 4.11. The number of carbonyl (C=O) groups excluding carboxylic acids is 2. The van der Waals surface area contributed by atoms with Crippen LogP contribution in [0.2, 0.25) is 0 Å². The summed E-state index contributed by atoms with van der Waals surface area (Å²) in [6.45, 7) is 1.39. The van der Waals surface area contributed by atoms with Gasteiger partial charge in [-0.2, -0.15) is 0 Å². The van der Waals surface area contributed by atoms with Gasteiger partial charge in [0.1, 0.15) is 17.6 Å². The van der Waals surface area contributed by atoms with E-state index in [1.807, 2.05) is 0 Å². The Bertz CT molecular complexity index is 595. The molecule has 0 spiro atoms. The third kappa shape index (κ3) is 3.33. The lowest BCUT2D eigenvalue weighted by atomic mass is 10.2. The van der Waals surface area contributed by atoms with Crippen LogP contribution in [0, 0.1) is 0 Å². The molecule has 0 aromatic heterocycles. The summed E-state index contributed by atoms with van der Waals surface area (Å²) in [5, 5.41) is 16.0. The zero-order valence-corrected chi connectivity index (χ0v) is 11.3. The number of rotatable bonds is 4. The molecule has 1 aromatic rings. The summed E-state index contributed by atoms with van der Waals surface area (Å²) in [6, 6.07) is 6.61. The van der Waals surface area contributed by atoms with Crippen molar-refractivity contribution >= 4 is 35.3 Å². The zero-order valence-electron chi connectivity index (χ0n) is 10.5. The Labute approximate surface area is 120 Å². The fourth-order valence-electron chi connectivity index (χ4n) is 1.54. The van der Waals surface area contributed by atoms with Crippen LogP contribution in [0.1, 0.15) is 12.5 Å². The topological polar surface area (TPSA) is 90.5 Å². The van der Waals surface area contributed by atoms with Crippen LogP contribution in [0.4, 0.5) is 0 Å². The molecule has 20 heavy (non-hydrogen) atoms. The molecule has 7 heteroatoms. The van der Waals surface area contributed by atoms with Gasteiger partial charge in [-0.15, -0.1) is 0 Å². The van der Waals surface area contributed by atoms with Crippen LogP contribution >= 0.6 is 12.2 Å². The summed E-state index contributed by atoms with van der Waals surface area (Å²) in [7, 11) is 0. The highest BCUT2D eigenvalue weighted by atomic mass is 32.1. The lowest BCUT2D eigenvalue weighted by Crippen LogP contribution is -2.37. The van der Waals surface area contributed by atoms with E-state index in [0.29, 0.717) is 11.4 Å². The quantitative estimate of drug-likeness (QED) is 0.577. The number of benzene rings is 1. The van der Waals surface area contributed by atoms with Crippen molar-refractivity contribution in [3.05, 3.63) is 35.5 Å². The minimum Gasteiger partial charge on any atom is -0.546 e. The first kappa shape index (κ1) is 14.0. The van der Waals surface area contributed by atoms with E-state index in [1.54, 1.807) is 30.3 Å². The molecule has 1 fully saturated rings. The highest BCUT2D eigenvalue weighted by molar-refractivity contribution is 7.80. The Hall–Kier alpha value is -2.41. The van der Waals surface area contributed by atoms with Crippen molar-refractivity contribution < 1.29 is 19.4 Å². The van der Waals surface area contributed by atoms with Gasteiger partial charge in [-0.1, -0.05) is 12.1 Å². The number of hydrogen-bond acceptors (Lipinski definition) is 5. The first-order valence-corrected chi connectivity index (χ1v) is 6.18. The van der Waals surface area contributed by atoms with Gasteiger partial charge in [0.05, 0.1) is 5.97 Å². The number of thiocarbonyl (C=S) groups is 1. The van der Waals surface area contributed by atoms with Crippen LogP contribution in [0.5, 0.6) is 5.75 Å². The smallest absolute Gasteiger partial charge is 0.273 e. The minimum atomic E-state index is -1.28. The molecule has 1 aromatic carbocycles. The third-order valence-corrected chi connectivity index (χ3v) is 2.76. The molecule has 0 radical (unpaired) electrons.